The van der Waals surface area contributed by atoms with Crippen molar-refractivity contribution in [2.45, 2.75) is 25.4 Å². The maximum absolute atomic E-state index is 13.1. The normalized spacial score (nSPS) is 22.3. The largest absolute Gasteiger partial charge is 0.334 e. The van der Waals surface area contributed by atoms with Gasteiger partial charge in [0.25, 0.3) is 5.91 Å². The predicted octanol–water partition coefficient (Wildman–Crippen LogP) is 3.43. The van der Waals surface area contributed by atoms with Gasteiger partial charge in [-0.05, 0) is 60.7 Å². The Kier molecular flexibility index (Phi) is 4.91. The number of carbonyl (C=O) groups excluding carboxylic acids is 1. The van der Waals surface area contributed by atoms with Crippen molar-refractivity contribution in [3.63, 3.8) is 0 Å². The van der Waals surface area contributed by atoms with E-state index in [2.05, 4.69) is 11.0 Å². The molecule has 0 radical (unpaired) electrons. The van der Waals surface area contributed by atoms with Gasteiger partial charge in [0.2, 0.25) is 0 Å². The summed E-state index contributed by atoms with van der Waals surface area (Å²) >= 11 is 0. The van der Waals surface area contributed by atoms with Gasteiger partial charge in [0, 0.05) is 37.8 Å². The van der Waals surface area contributed by atoms with Crippen LogP contribution >= 0.6 is 0 Å². The standard InChI is InChI=1S/C22H22FN3O/c23-20-8-3-17(4-9-20)12-25-13-18-5-10-21(15-25)26(14-18)22(27)19-6-1-16(11-24)2-7-19/h1-4,6-9,18,21H,5,10,12-15H2/t18-,21+/m0/s1. The highest BCUT2D eigenvalue weighted by atomic mass is 19.1. The van der Waals surface area contributed by atoms with Crippen LogP contribution in [0, 0.1) is 23.1 Å². The van der Waals surface area contributed by atoms with Gasteiger partial charge in [-0.25, -0.2) is 4.39 Å². The first-order valence-electron chi connectivity index (χ1n) is 9.40. The highest BCUT2D eigenvalue weighted by Gasteiger charge is 2.37. The van der Waals surface area contributed by atoms with Crippen molar-refractivity contribution in [2.75, 3.05) is 19.6 Å². The number of fused-ring (bicyclic) bond motifs is 4. The molecule has 1 amide bonds. The lowest BCUT2D eigenvalue weighted by Gasteiger charge is -2.36. The molecule has 0 saturated carbocycles. The number of nitrogens with zero attached hydrogens (tertiary/aromatic N) is 3. The van der Waals surface area contributed by atoms with Crippen LogP contribution < -0.4 is 0 Å². The zero-order valence-electron chi connectivity index (χ0n) is 15.1. The second-order valence-electron chi connectivity index (χ2n) is 7.56. The first-order valence-corrected chi connectivity index (χ1v) is 9.40. The third-order valence-corrected chi connectivity index (χ3v) is 5.63. The number of piperidine rings is 1. The van der Waals surface area contributed by atoms with E-state index in [1.54, 1.807) is 24.3 Å². The Labute approximate surface area is 158 Å². The minimum absolute atomic E-state index is 0.0535. The number of amides is 1. The van der Waals surface area contributed by atoms with Gasteiger partial charge in [-0.2, -0.15) is 5.26 Å². The number of benzene rings is 2. The third-order valence-electron chi connectivity index (χ3n) is 5.63. The predicted molar refractivity (Wildman–Crippen MR) is 100 cm³/mol. The van der Waals surface area contributed by atoms with E-state index in [9.17, 15) is 9.18 Å². The molecule has 2 aromatic rings. The second kappa shape index (κ2) is 7.50. The van der Waals surface area contributed by atoms with Crippen molar-refractivity contribution < 1.29 is 9.18 Å². The second-order valence-corrected chi connectivity index (χ2v) is 7.56. The monoisotopic (exact) mass is 363 g/mol. The molecule has 4 nitrogen and oxygen atoms in total. The Bertz CT molecular complexity index is 857. The van der Waals surface area contributed by atoms with Gasteiger partial charge in [-0.3, -0.25) is 9.69 Å². The van der Waals surface area contributed by atoms with E-state index in [1.165, 1.54) is 12.1 Å². The highest BCUT2D eigenvalue weighted by molar-refractivity contribution is 5.94. The number of carbonyl (C=O) groups is 1. The number of halogens is 1. The fourth-order valence-corrected chi connectivity index (χ4v) is 4.26. The van der Waals surface area contributed by atoms with E-state index in [0.717, 1.165) is 44.6 Å². The minimum atomic E-state index is -0.214. The third kappa shape index (κ3) is 3.86. The van der Waals surface area contributed by atoms with Crippen LogP contribution in [0.1, 0.15) is 34.3 Å². The van der Waals surface area contributed by atoms with Crippen LogP contribution in [0.2, 0.25) is 0 Å². The molecule has 0 aromatic heterocycles. The summed E-state index contributed by atoms with van der Waals surface area (Å²) in [5, 5.41) is 8.93. The number of nitriles is 1. The Morgan fingerprint density at radius 2 is 1.78 bits per heavy atom. The fraction of sp³-hybridized carbons (Fsp3) is 0.364. The maximum Gasteiger partial charge on any atom is 0.254 e. The molecule has 2 atom stereocenters. The lowest BCUT2D eigenvalue weighted by Crippen LogP contribution is -2.47. The summed E-state index contributed by atoms with van der Waals surface area (Å²) < 4.78 is 13.1. The van der Waals surface area contributed by atoms with Crippen molar-refractivity contribution >= 4 is 5.91 Å². The van der Waals surface area contributed by atoms with Crippen LogP contribution in [-0.4, -0.2) is 41.4 Å². The number of rotatable bonds is 3. The maximum atomic E-state index is 13.1. The summed E-state index contributed by atoms with van der Waals surface area (Å²) in [6.07, 6.45) is 2.16. The van der Waals surface area contributed by atoms with Gasteiger partial charge in [0.1, 0.15) is 5.82 Å². The van der Waals surface area contributed by atoms with E-state index in [1.807, 2.05) is 17.0 Å². The molecule has 2 bridgehead atoms. The van der Waals surface area contributed by atoms with Crippen LogP contribution in [0.25, 0.3) is 0 Å². The molecule has 27 heavy (non-hydrogen) atoms. The molecule has 3 aliphatic rings. The summed E-state index contributed by atoms with van der Waals surface area (Å²) in [5.74, 6) is 0.304. The quantitative estimate of drug-likeness (QED) is 0.839. The van der Waals surface area contributed by atoms with Crippen molar-refractivity contribution in [3.8, 4) is 6.07 Å². The summed E-state index contributed by atoms with van der Waals surface area (Å²) in [5.41, 5.74) is 2.31. The van der Waals surface area contributed by atoms with Crippen molar-refractivity contribution in [2.24, 2.45) is 5.92 Å². The molecule has 0 unspecified atom stereocenters. The Morgan fingerprint density at radius 3 is 2.48 bits per heavy atom. The average Bonchev–Trinajstić information content (AvgIpc) is 3.00. The first kappa shape index (κ1) is 17.7. The minimum Gasteiger partial charge on any atom is -0.334 e. The molecule has 3 saturated heterocycles. The highest BCUT2D eigenvalue weighted by Crippen LogP contribution is 2.30. The molecule has 0 aliphatic carbocycles. The number of hydrogen-bond acceptors (Lipinski definition) is 3. The Morgan fingerprint density at radius 1 is 1.04 bits per heavy atom. The van der Waals surface area contributed by atoms with E-state index in [4.69, 9.17) is 5.26 Å². The Balaban J connectivity index is 1.48. The topological polar surface area (TPSA) is 47.3 Å². The van der Waals surface area contributed by atoms with Crippen molar-refractivity contribution in [3.05, 3.63) is 71.0 Å². The molecule has 3 aliphatic heterocycles. The van der Waals surface area contributed by atoms with Crippen LogP contribution in [0.3, 0.4) is 0 Å². The molecule has 5 rings (SSSR count). The van der Waals surface area contributed by atoms with Gasteiger partial charge in [0.15, 0.2) is 0 Å². The molecule has 5 heteroatoms. The number of hydrogen-bond donors (Lipinski definition) is 0. The van der Waals surface area contributed by atoms with Crippen LogP contribution in [0.15, 0.2) is 48.5 Å². The molecule has 138 valence electrons. The zero-order valence-corrected chi connectivity index (χ0v) is 15.1. The fourth-order valence-electron chi connectivity index (χ4n) is 4.26. The summed E-state index contributed by atoms with van der Waals surface area (Å²) in [6.45, 7) is 3.37. The van der Waals surface area contributed by atoms with E-state index >= 15 is 0 Å². The molecular formula is C22H22FN3O. The van der Waals surface area contributed by atoms with E-state index in [-0.39, 0.29) is 17.8 Å². The summed E-state index contributed by atoms with van der Waals surface area (Å²) in [7, 11) is 0. The van der Waals surface area contributed by atoms with Crippen molar-refractivity contribution in [1.82, 2.24) is 9.80 Å². The lowest BCUT2D eigenvalue weighted by molar-refractivity contribution is 0.0585. The summed E-state index contributed by atoms with van der Waals surface area (Å²) in [6, 6.07) is 15.9. The summed E-state index contributed by atoms with van der Waals surface area (Å²) in [4.78, 5) is 17.4. The smallest absolute Gasteiger partial charge is 0.254 e. The van der Waals surface area contributed by atoms with Gasteiger partial charge in [0.05, 0.1) is 11.6 Å². The molecule has 0 spiro atoms. The van der Waals surface area contributed by atoms with Crippen LogP contribution in [0.4, 0.5) is 4.39 Å². The van der Waals surface area contributed by atoms with E-state index in [0.29, 0.717) is 17.0 Å². The molecule has 3 fully saturated rings. The van der Waals surface area contributed by atoms with Gasteiger partial charge < -0.3 is 4.90 Å². The van der Waals surface area contributed by atoms with Gasteiger partial charge in [-0.15, -0.1) is 0 Å². The average molecular weight is 363 g/mol. The van der Waals surface area contributed by atoms with Crippen LogP contribution in [0.5, 0.6) is 0 Å². The first-order chi connectivity index (χ1) is 13.1. The SMILES string of the molecule is N#Cc1ccc(C(=O)N2C[C@H]3CC[C@@H]2CN(Cc2ccc(F)cc2)C3)cc1. The van der Waals surface area contributed by atoms with Crippen LogP contribution in [-0.2, 0) is 6.54 Å². The molecular weight excluding hydrogens is 341 g/mol. The van der Waals surface area contributed by atoms with Crippen molar-refractivity contribution in [1.29, 1.82) is 5.26 Å². The van der Waals surface area contributed by atoms with Gasteiger partial charge in [-0.1, -0.05) is 12.1 Å². The molecule has 0 N–H and O–H groups in total. The lowest BCUT2D eigenvalue weighted by atomic mass is 9.94. The van der Waals surface area contributed by atoms with E-state index < -0.39 is 0 Å². The van der Waals surface area contributed by atoms with Gasteiger partial charge >= 0.3 is 0 Å². The molecule has 3 heterocycles. The zero-order chi connectivity index (χ0) is 18.8. The Hall–Kier alpha value is -2.71. The molecule has 2 aromatic carbocycles.